The Kier molecular flexibility index (Phi) is 6.11. The first-order valence-corrected chi connectivity index (χ1v) is 6.09. The molecule has 0 aromatic rings. The highest BCUT2D eigenvalue weighted by molar-refractivity contribution is 5.59. The van der Waals surface area contributed by atoms with Crippen LogP contribution in [0.15, 0.2) is 0 Å². The lowest BCUT2D eigenvalue weighted by atomic mass is 9.83. The number of hydrogen-bond acceptors (Lipinski definition) is 2. The summed E-state index contributed by atoms with van der Waals surface area (Å²) in [6.45, 7) is 11.8. The van der Waals surface area contributed by atoms with Gasteiger partial charge in [-0.2, -0.15) is 0 Å². The van der Waals surface area contributed by atoms with Gasteiger partial charge < -0.3 is 9.69 Å². The molecule has 2 heteroatoms. The normalized spacial score (nSPS) is 14.7. The Labute approximate surface area is 95.0 Å². The van der Waals surface area contributed by atoms with Crippen LogP contribution in [-0.4, -0.2) is 30.8 Å². The highest BCUT2D eigenvalue weighted by atomic mass is 16.1. The monoisotopic (exact) mass is 213 g/mol. The van der Waals surface area contributed by atoms with Gasteiger partial charge in [-0.3, -0.25) is 0 Å². The zero-order valence-corrected chi connectivity index (χ0v) is 11.2. The van der Waals surface area contributed by atoms with Gasteiger partial charge in [0.05, 0.1) is 0 Å². The lowest BCUT2D eigenvalue weighted by Gasteiger charge is -2.35. The largest absolute Gasteiger partial charge is 0.303 e. The Morgan fingerprint density at radius 1 is 1.20 bits per heavy atom. The van der Waals surface area contributed by atoms with Crippen molar-refractivity contribution in [2.45, 2.75) is 53.5 Å². The predicted molar refractivity (Wildman–Crippen MR) is 66.0 cm³/mol. The second-order valence-electron chi connectivity index (χ2n) is 5.09. The summed E-state index contributed by atoms with van der Waals surface area (Å²) in [7, 11) is 2.12. The molecular formula is C13H27NO. The quantitative estimate of drug-likeness (QED) is 0.606. The molecule has 1 unspecified atom stereocenters. The number of aldehydes is 1. The van der Waals surface area contributed by atoms with Crippen LogP contribution in [-0.2, 0) is 4.79 Å². The van der Waals surface area contributed by atoms with Crippen molar-refractivity contribution in [3.63, 3.8) is 0 Å². The fourth-order valence-electron chi connectivity index (χ4n) is 1.83. The summed E-state index contributed by atoms with van der Waals surface area (Å²) < 4.78 is 0. The fourth-order valence-corrected chi connectivity index (χ4v) is 1.83. The van der Waals surface area contributed by atoms with Crippen LogP contribution in [0.5, 0.6) is 0 Å². The van der Waals surface area contributed by atoms with E-state index >= 15 is 0 Å². The minimum Gasteiger partial charge on any atom is -0.303 e. The summed E-state index contributed by atoms with van der Waals surface area (Å²) in [5.74, 6) is 0.632. The molecule has 0 spiro atoms. The van der Waals surface area contributed by atoms with Crippen molar-refractivity contribution in [3.8, 4) is 0 Å². The maximum absolute atomic E-state index is 11.2. The van der Waals surface area contributed by atoms with E-state index in [1.165, 1.54) is 0 Å². The molecule has 0 saturated carbocycles. The molecule has 0 amide bonds. The highest BCUT2D eigenvalue weighted by Crippen LogP contribution is 2.26. The van der Waals surface area contributed by atoms with Crippen LogP contribution in [0.2, 0.25) is 0 Å². The summed E-state index contributed by atoms with van der Waals surface area (Å²) in [4.78, 5) is 13.5. The maximum Gasteiger partial charge on any atom is 0.127 e. The third-order valence-corrected chi connectivity index (χ3v) is 3.88. The molecule has 0 aliphatic carbocycles. The molecule has 1 atom stereocenters. The lowest BCUT2D eigenvalue weighted by molar-refractivity contribution is -0.118. The van der Waals surface area contributed by atoms with Gasteiger partial charge in [-0.15, -0.1) is 0 Å². The molecule has 90 valence electrons. The average molecular weight is 213 g/mol. The summed E-state index contributed by atoms with van der Waals surface area (Å²) in [5, 5.41) is 0. The van der Waals surface area contributed by atoms with E-state index < -0.39 is 0 Å². The van der Waals surface area contributed by atoms with E-state index in [1.807, 2.05) is 0 Å². The minimum atomic E-state index is -0.141. The molecule has 0 saturated heterocycles. The maximum atomic E-state index is 11.2. The zero-order chi connectivity index (χ0) is 12.1. The van der Waals surface area contributed by atoms with E-state index in [2.05, 4.69) is 46.6 Å². The first-order chi connectivity index (χ1) is 6.92. The summed E-state index contributed by atoms with van der Waals surface area (Å²) in [5.41, 5.74) is -0.141. The average Bonchev–Trinajstić information content (AvgIpc) is 2.24. The van der Waals surface area contributed by atoms with Crippen LogP contribution < -0.4 is 0 Å². The molecule has 0 bridgehead atoms. The van der Waals surface area contributed by atoms with Crippen LogP contribution in [0.3, 0.4) is 0 Å². The van der Waals surface area contributed by atoms with Gasteiger partial charge in [-0.05, 0) is 32.7 Å². The van der Waals surface area contributed by atoms with Gasteiger partial charge in [0.1, 0.15) is 6.29 Å². The third kappa shape index (κ3) is 3.94. The Morgan fingerprint density at radius 3 is 1.93 bits per heavy atom. The fraction of sp³-hybridized carbons (Fsp3) is 0.923. The smallest absolute Gasteiger partial charge is 0.127 e. The van der Waals surface area contributed by atoms with E-state index in [1.54, 1.807) is 0 Å². The standard InChI is InChI=1S/C13H27NO/c1-7-13(8-2,10-15)9-14(6)12(5)11(3)4/h10-12H,7-9H2,1-6H3. The molecule has 0 aromatic heterocycles. The Bertz CT molecular complexity index is 185. The first kappa shape index (κ1) is 14.6. The van der Waals surface area contributed by atoms with Gasteiger partial charge in [0, 0.05) is 18.0 Å². The SMILES string of the molecule is CCC(C=O)(CC)CN(C)C(C)C(C)C. The van der Waals surface area contributed by atoms with Crippen molar-refractivity contribution < 1.29 is 4.79 Å². The molecule has 0 heterocycles. The van der Waals surface area contributed by atoms with E-state index in [4.69, 9.17) is 0 Å². The number of carbonyl (C=O) groups is 1. The van der Waals surface area contributed by atoms with Gasteiger partial charge >= 0.3 is 0 Å². The van der Waals surface area contributed by atoms with Crippen LogP contribution in [0.25, 0.3) is 0 Å². The molecular weight excluding hydrogens is 186 g/mol. The second-order valence-corrected chi connectivity index (χ2v) is 5.09. The first-order valence-electron chi connectivity index (χ1n) is 6.09. The molecule has 0 fully saturated rings. The Balaban J connectivity index is 4.47. The highest BCUT2D eigenvalue weighted by Gasteiger charge is 2.29. The van der Waals surface area contributed by atoms with E-state index in [9.17, 15) is 4.79 Å². The molecule has 15 heavy (non-hydrogen) atoms. The van der Waals surface area contributed by atoms with Crippen molar-refractivity contribution in [1.82, 2.24) is 4.90 Å². The van der Waals surface area contributed by atoms with Crippen LogP contribution >= 0.6 is 0 Å². The van der Waals surface area contributed by atoms with Crippen molar-refractivity contribution in [2.24, 2.45) is 11.3 Å². The molecule has 0 aliphatic rings. The molecule has 0 rings (SSSR count). The zero-order valence-electron chi connectivity index (χ0n) is 11.2. The van der Waals surface area contributed by atoms with Gasteiger partial charge in [0.25, 0.3) is 0 Å². The number of carbonyl (C=O) groups excluding carboxylic acids is 1. The van der Waals surface area contributed by atoms with E-state index in [0.29, 0.717) is 12.0 Å². The second kappa shape index (κ2) is 6.26. The van der Waals surface area contributed by atoms with Crippen molar-refractivity contribution in [2.75, 3.05) is 13.6 Å². The van der Waals surface area contributed by atoms with E-state index in [-0.39, 0.29) is 5.41 Å². The number of nitrogens with zero attached hydrogens (tertiary/aromatic N) is 1. The number of rotatable bonds is 7. The molecule has 2 nitrogen and oxygen atoms in total. The summed E-state index contributed by atoms with van der Waals surface area (Å²) >= 11 is 0. The van der Waals surface area contributed by atoms with Crippen molar-refractivity contribution in [3.05, 3.63) is 0 Å². The topological polar surface area (TPSA) is 20.3 Å². The third-order valence-electron chi connectivity index (χ3n) is 3.88. The Hall–Kier alpha value is -0.370. The summed E-state index contributed by atoms with van der Waals surface area (Å²) in [6, 6.07) is 0.530. The predicted octanol–water partition coefficient (Wildman–Crippen LogP) is 2.97. The molecule has 0 radical (unpaired) electrons. The minimum absolute atomic E-state index is 0.141. The lowest BCUT2D eigenvalue weighted by Crippen LogP contribution is -2.42. The Morgan fingerprint density at radius 2 is 1.67 bits per heavy atom. The van der Waals surface area contributed by atoms with Crippen LogP contribution in [0.1, 0.15) is 47.5 Å². The van der Waals surface area contributed by atoms with Gasteiger partial charge in [-0.1, -0.05) is 27.7 Å². The summed E-state index contributed by atoms with van der Waals surface area (Å²) in [6.07, 6.45) is 3.01. The molecule has 0 aliphatic heterocycles. The molecule has 0 aromatic carbocycles. The van der Waals surface area contributed by atoms with Gasteiger partial charge in [0.2, 0.25) is 0 Å². The number of hydrogen-bond donors (Lipinski definition) is 0. The van der Waals surface area contributed by atoms with Gasteiger partial charge in [-0.25, -0.2) is 0 Å². The van der Waals surface area contributed by atoms with E-state index in [0.717, 1.165) is 25.7 Å². The van der Waals surface area contributed by atoms with Crippen molar-refractivity contribution in [1.29, 1.82) is 0 Å². The van der Waals surface area contributed by atoms with Crippen LogP contribution in [0, 0.1) is 11.3 Å². The van der Waals surface area contributed by atoms with Gasteiger partial charge in [0.15, 0.2) is 0 Å². The van der Waals surface area contributed by atoms with Crippen LogP contribution in [0.4, 0.5) is 0 Å². The van der Waals surface area contributed by atoms with Crippen molar-refractivity contribution >= 4 is 6.29 Å². The molecule has 0 N–H and O–H groups in total.